The molecule has 1 fully saturated rings. The molecule has 0 aromatic heterocycles. The molecule has 1 aromatic carbocycles. The summed E-state index contributed by atoms with van der Waals surface area (Å²) in [5.41, 5.74) is 0.768. The van der Waals surface area contributed by atoms with Gasteiger partial charge in [-0.1, -0.05) is 0 Å². The molecule has 2 rings (SSSR count). The van der Waals surface area contributed by atoms with Crippen LogP contribution >= 0.6 is 22.6 Å². The Hall–Kier alpha value is -0.620. The maximum atomic E-state index is 12.2. The molecule has 0 saturated carbocycles. The van der Waals surface area contributed by atoms with Gasteiger partial charge >= 0.3 is 0 Å². The van der Waals surface area contributed by atoms with Gasteiger partial charge in [-0.25, -0.2) is 0 Å². The highest BCUT2D eigenvalue weighted by Gasteiger charge is 2.19. The summed E-state index contributed by atoms with van der Waals surface area (Å²) in [5.74, 6) is 0.689. The number of hydrogen-bond donors (Lipinski definition) is 0. The summed E-state index contributed by atoms with van der Waals surface area (Å²) in [6, 6.07) is 7.72. The van der Waals surface area contributed by atoms with Crippen LogP contribution < -0.4 is 0 Å². The minimum atomic E-state index is 0.109. The highest BCUT2D eigenvalue weighted by Crippen LogP contribution is 2.17. The van der Waals surface area contributed by atoms with Crippen LogP contribution in [-0.4, -0.2) is 37.6 Å². The van der Waals surface area contributed by atoms with Crippen LogP contribution in [0.4, 0.5) is 0 Å². The van der Waals surface area contributed by atoms with Crippen LogP contribution in [0.5, 0.6) is 0 Å². The van der Waals surface area contributed by atoms with Crippen molar-refractivity contribution in [3.8, 4) is 0 Å². The van der Waals surface area contributed by atoms with Gasteiger partial charge in [0.05, 0.1) is 0 Å². The predicted molar refractivity (Wildman–Crippen MR) is 79.7 cm³/mol. The van der Waals surface area contributed by atoms with Crippen molar-refractivity contribution in [3.63, 3.8) is 0 Å². The van der Waals surface area contributed by atoms with Crippen molar-refractivity contribution >= 4 is 28.5 Å². The Labute approximate surface area is 122 Å². The molecule has 4 heteroatoms. The number of carbonyl (C=O) groups excluding carboxylic acids is 1. The molecule has 18 heavy (non-hydrogen) atoms. The van der Waals surface area contributed by atoms with Crippen LogP contribution in [0, 0.1) is 9.49 Å². The Kier molecular flexibility index (Phi) is 5.00. The molecule has 98 valence electrons. The van der Waals surface area contributed by atoms with Gasteiger partial charge in [0.15, 0.2) is 0 Å². The zero-order valence-corrected chi connectivity index (χ0v) is 12.7. The highest BCUT2D eigenvalue weighted by molar-refractivity contribution is 14.1. The zero-order valence-electron chi connectivity index (χ0n) is 10.6. The standard InChI is InChI=1S/C14H18INO2/c1-16(10-11-6-8-18-9-7-11)14(17)12-2-4-13(15)5-3-12/h2-5,11H,6-10H2,1H3. The first kappa shape index (κ1) is 13.8. The summed E-state index contributed by atoms with van der Waals surface area (Å²) in [7, 11) is 1.88. The molecule has 1 heterocycles. The Balaban J connectivity index is 1.93. The average molecular weight is 359 g/mol. The zero-order chi connectivity index (χ0) is 13.0. The summed E-state index contributed by atoms with van der Waals surface area (Å²) < 4.78 is 6.48. The molecule has 1 amide bonds. The van der Waals surface area contributed by atoms with Crippen LogP contribution in [0.15, 0.2) is 24.3 Å². The monoisotopic (exact) mass is 359 g/mol. The van der Waals surface area contributed by atoms with Gasteiger partial charge in [-0.15, -0.1) is 0 Å². The van der Waals surface area contributed by atoms with Gasteiger partial charge in [0, 0.05) is 35.9 Å². The molecule has 0 spiro atoms. The maximum Gasteiger partial charge on any atom is 0.253 e. The lowest BCUT2D eigenvalue weighted by molar-refractivity contribution is 0.0497. The van der Waals surface area contributed by atoms with E-state index < -0.39 is 0 Å². The summed E-state index contributed by atoms with van der Waals surface area (Å²) in [5, 5.41) is 0. The average Bonchev–Trinajstić information content (AvgIpc) is 2.40. The second-order valence-corrected chi connectivity index (χ2v) is 5.99. The predicted octanol–water partition coefficient (Wildman–Crippen LogP) is 2.79. The molecule has 1 aliphatic rings. The van der Waals surface area contributed by atoms with E-state index in [4.69, 9.17) is 4.74 Å². The maximum absolute atomic E-state index is 12.2. The number of carbonyl (C=O) groups is 1. The summed E-state index contributed by atoms with van der Waals surface area (Å²) in [6.07, 6.45) is 2.12. The molecule has 0 N–H and O–H groups in total. The second kappa shape index (κ2) is 6.52. The van der Waals surface area contributed by atoms with Gasteiger partial charge in [-0.2, -0.15) is 0 Å². The lowest BCUT2D eigenvalue weighted by Crippen LogP contribution is -2.34. The van der Waals surface area contributed by atoms with Crippen LogP contribution in [0.3, 0.4) is 0 Å². The number of halogens is 1. The minimum Gasteiger partial charge on any atom is -0.381 e. The molecule has 0 atom stereocenters. The highest BCUT2D eigenvalue weighted by atomic mass is 127. The van der Waals surface area contributed by atoms with Crippen molar-refractivity contribution < 1.29 is 9.53 Å². The first-order chi connectivity index (χ1) is 8.66. The van der Waals surface area contributed by atoms with Gasteiger partial charge < -0.3 is 9.64 Å². The number of amides is 1. The second-order valence-electron chi connectivity index (χ2n) is 4.75. The normalized spacial score (nSPS) is 16.6. The fourth-order valence-electron chi connectivity index (χ4n) is 2.21. The van der Waals surface area contributed by atoms with Gasteiger partial charge in [0.1, 0.15) is 0 Å². The number of rotatable bonds is 3. The first-order valence-electron chi connectivity index (χ1n) is 6.25. The molecule has 0 radical (unpaired) electrons. The smallest absolute Gasteiger partial charge is 0.253 e. The lowest BCUT2D eigenvalue weighted by Gasteiger charge is -2.27. The third kappa shape index (κ3) is 3.68. The lowest BCUT2D eigenvalue weighted by atomic mass is 9.99. The van der Waals surface area contributed by atoms with Crippen molar-refractivity contribution in [2.45, 2.75) is 12.8 Å². The number of hydrogen-bond acceptors (Lipinski definition) is 2. The molecule has 1 saturated heterocycles. The number of nitrogens with zero attached hydrogens (tertiary/aromatic N) is 1. The van der Waals surface area contributed by atoms with Crippen molar-refractivity contribution in [2.24, 2.45) is 5.92 Å². The van der Waals surface area contributed by atoms with Crippen molar-refractivity contribution in [1.29, 1.82) is 0 Å². The molecule has 3 nitrogen and oxygen atoms in total. The topological polar surface area (TPSA) is 29.5 Å². The Morgan fingerprint density at radius 2 is 1.94 bits per heavy atom. The van der Waals surface area contributed by atoms with E-state index in [1.807, 2.05) is 36.2 Å². The van der Waals surface area contributed by atoms with Crippen LogP contribution in [0.25, 0.3) is 0 Å². The number of ether oxygens (including phenoxy) is 1. The van der Waals surface area contributed by atoms with Gasteiger partial charge in [0.2, 0.25) is 0 Å². The van der Waals surface area contributed by atoms with E-state index in [9.17, 15) is 4.79 Å². The third-order valence-electron chi connectivity index (χ3n) is 3.31. The van der Waals surface area contributed by atoms with Crippen molar-refractivity contribution in [2.75, 3.05) is 26.8 Å². The fourth-order valence-corrected chi connectivity index (χ4v) is 2.57. The third-order valence-corrected chi connectivity index (χ3v) is 4.03. The van der Waals surface area contributed by atoms with E-state index in [1.54, 1.807) is 0 Å². The summed E-state index contributed by atoms with van der Waals surface area (Å²) in [4.78, 5) is 14.1. The molecular formula is C14H18INO2. The van der Waals surface area contributed by atoms with Gasteiger partial charge in [-0.05, 0) is 65.6 Å². The van der Waals surface area contributed by atoms with Crippen LogP contribution in [0.1, 0.15) is 23.2 Å². The summed E-state index contributed by atoms with van der Waals surface area (Å²) >= 11 is 2.24. The Bertz CT molecular complexity index is 399. The molecule has 1 aromatic rings. The SMILES string of the molecule is CN(CC1CCOCC1)C(=O)c1ccc(I)cc1. The van der Waals surface area contributed by atoms with Gasteiger partial charge in [0.25, 0.3) is 5.91 Å². The van der Waals surface area contributed by atoms with Crippen molar-refractivity contribution in [3.05, 3.63) is 33.4 Å². The quantitative estimate of drug-likeness (QED) is 0.777. The fraction of sp³-hybridized carbons (Fsp3) is 0.500. The Morgan fingerprint density at radius 3 is 2.56 bits per heavy atom. The molecule has 0 unspecified atom stereocenters. The van der Waals surface area contributed by atoms with E-state index in [-0.39, 0.29) is 5.91 Å². The first-order valence-corrected chi connectivity index (χ1v) is 7.33. The van der Waals surface area contributed by atoms with E-state index in [1.165, 1.54) is 0 Å². The molecule has 0 bridgehead atoms. The largest absolute Gasteiger partial charge is 0.381 e. The van der Waals surface area contributed by atoms with E-state index in [0.29, 0.717) is 5.92 Å². The van der Waals surface area contributed by atoms with E-state index in [0.717, 1.165) is 41.7 Å². The molecule has 1 aliphatic heterocycles. The molecule has 0 aliphatic carbocycles. The number of benzene rings is 1. The van der Waals surface area contributed by atoms with E-state index in [2.05, 4.69) is 22.6 Å². The van der Waals surface area contributed by atoms with Crippen LogP contribution in [0.2, 0.25) is 0 Å². The minimum absolute atomic E-state index is 0.109. The molecular weight excluding hydrogens is 341 g/mol. The van der Waals surface area contributed by atoms with Gasteiger partial charge in [-0.3, -0.25) is 4.79 Å². The van der Waals surface area contributed by atoms with Crippen molar-refractivity contribution in [1.82, 2.24) is 4.90 Å². The summed E-state index contributed by atoms with van der Waals surface area (Å²) in [6.45, 7) is 2.49. The van der Waals surface area contributed by atoms with E-state index >= 15 is 0 Å². The Morgan fingerprint density at radius 1 is 1.33 bits per heavy atom. The van der Waals surface area contributed by atoms with Crippen LogP contribution in [-0.2, 0) is 4.74 Å².